The van der Waals surface area contributed by atoms with E-state index in [4.69, 9.17) is 10.2 Å². The van der Waals surface area contributed by atoms with Gasteiger partial charge in [0.05, 0.1) is 17.0 Å². The smallest absolute Gasteiger partial charge is 0.227 e. The molecule has 3 N–H and O–H groups in total. The number of halogens is 2. The molecule has 2 heterocycles. The van der Waals surface area contributed by atoms with Crippen LogP contribution in [0.15, 0.2) is 21.9 Å². The van der Waals surface area contributed by atoms with Gasteiger partial charge in [0.25, 0.3) is 0 Å². The summed E-state index contributed by atoms with van der Waals surface area (Å²) in [5, 5.41) is 5.89. The Labute approximate surface area is 159 Å². The SMILES string of the molecule is CCC(CC)(CN)C(=O)NCc1ccc(-c2csc(C)n2)o1.Cl.Cl. The number of hydrogen-bond acceptors (Lipinski definition) is 5. The first-order valence-electron chi connectivity index (χ1n) is 7.54. The average Bonchev–Trinajstić information content (AvgIpc) is 3.16. The van der Waals surface area contributed by atoms with Crippen LogP contribution in [-0.2, 0) is 11.3 Å². The molecular weight excluding hydrogens is 369 g/mol. The van der Waals surface area contributed by atoms with Crippen molar-refractivity contribution in [3.05, 3.63) is 28.3 Å². The lowest BCUT2D eigenvalue weighted by Crippen LogP contribution is -2.44. The van der Waals surface area contributed by atoms with Gasteiger partial charge in [-0.1, -0.05) is 13.8 Å². The van der Waals surface area contributed by atoms with E-state index in [1.807, 2.05) is 38.3 Å². The van der Waals surface area contributed by atoms with E-state index in [0.29, 0.717) is 18.8 Å². The summed E-state index contributed by atoms with van der Waals surface area (Å²) >= 11 is 1.58. The first kappa shape index (κ1) is 22.9. The summed E-state index contributed by atoms with van der Waals surface area (Å²) in [6, 6.07) is 3.75. The highest BCUT2D eigenvalue weighted by molar-refractivity contribution is 7.09. The highest BCUT2D eigenvalue weighted by Gasteiger charge is 2.33. The van der Waals surface area contributed by atoms with Gasteiger partial charge in [0, 0.05) is 11.9 Å². The second-order valence-corrected chi connectivity index (χ2v) is 6.45. The fourth-order valence-corrected chi connectivity index (χ4v) is 3.00. The molecule has 2 aromatic heterocycles. The number of nitrogens with two attached hydrogens (primary N) is 1. The highest BCUT2D eigenvalue weighted by Crippen LogP contribution is 2.26. The van der Waals surface area contributed by atoms with Gasteiger partial charge in [-0.2, -0.15) is 0 Å². The van der Waals surface area contributed by atoms with Crippen LogP contribution >= 0.6 is 36.2 Å². The topological polar surface area (TPSA) is 81.2 Å². The van der Waals surface area contributed by atoms with Gasteiger partial charge < -0.3 is 15.5 Å². The predicted octanol–water partition coefficient (Wildman–Crippen LogP) is 3.94. The second kappa shape index (κ2) is 10.0. The van der Waals surface area contributed by atoms with E-state index in [2.05, 4.69) is 10.3 Å². The van der Waals surface area contributed by atoms with Crippen molar-refractivity contribution in [1.82, 2.24) is 10.3 Å². The predicted molar refractivity (Wildman–Crippen MR) is 103 cm³/mol. The van der Waals surface area contributed by atoms with Crippen molar-refractivity contribution in [2.75, 3.05) is 6.54 Å². The number of aromatic nitrogens is 1. The van der Waals surface area contributed by atoms with Crippen LogP contribution in [0.5, 0.6) is 0 Å². The van der Waals surface area contributed by atoms with Gasteiger partial charge in [0.2, 0.25) is 5.91 Å². The van der Waals surface area contributed by atoms with Crippen molar-refractivity contribution < 1.29 is 9.21 Å². The molecule has 0 saturated carbocycles. The minimum absolute atomic E-state index is 0. The van der Waals surface area contributed by atoms with E-state index in [1.54, 1.807) is 11.3 Å². The number of nitrogens with one attached hydrogen (secondary N) is 1. The number of rotatable bonds is 7. The Bertz CT molecular complexity index is 631. The molecule has 0 bridgehead atoms. The number of carbonyl (C=O) groups excluding carboxylic acids is 1. The first-order chi connectivity index (χ1) is 10.5. The van der Waals surface area contributed by atoms with E-state index in [9.17, 15) is 4.79 Å². The Morgan fingerprint density at radius 3 is 2.50 bits per heavy atom. The third kappa shape index (κ3) is 4.96. The van der Waals surface area contributed by atoms with Gasteiger partial charge in [-0.15, -0.1) is 36.2 Å². The molecule has 24 heavy (non-hydrogen) atoms. The maximum absolute atomic E-state index is 12.4. The molecule has 0 aromatic carbocycles. The lowest BCUT2D eigenvalue weighted by Gasteiger charge is -2.28. The Morgan fingerprint density at radius 1 is 1.33 bits per heavy atom. The molecule has 0 saturated heterocycles. The van der Waals surface area contributed by atoms with E-state index in [0.717, 1.165) is 29.3 Å². The molecule has 0 unspecified atom stereocenters. The van der Waals surface area contributed by atoms with E-state index in [1.165, 1.54) is 0 Å². The van der Waals surface area contributed by atoms with Gasteiger partial charge in [-0.25, -0.2) is 4.98 Å². The molecule has 1 amide bonds. The summed E-state index contributed by atoms with van der Waals surface area (Å²) in [5.74, 6) is 1.43. The summed E-state index contributed by atoms with van der Waals surface area (Å²) in [4.78, 5) is 16.8. The summed E-state index contributed by atoms with van der Waals surface area (Å²) in [5.41, 5.74) is 6.14. The lowest BCUT2D eigenvalue weighted by atomic mass is 9.81. The van der Waals surface area contributed by atoms with Gasteiger partial charge in [-0.05, 0) is 31.9 Å². The Balaban J connectivity index is 0.00000264. The lowest BCUT2D eigenvalue weighted by molar-refractivity contribution is -0.131. The molecule has 8 heteroatoms. The third-order valence-corrected chi connectivity index (χ3v) is 4.96. The zero-order chi connectivity index (χ0) is 16.2. The number of hydrogen-bond donors (Lipinski definition) is 2. The van der Waals surface area contributed by atoms with Crippen molar-refractivity contribution >= 4 is 42.1 Å². The van der Waals surface area contributed by atoms with Crippen LogP contribution in [0.4, 0.5) is 0 Å². The summed E-state index contributed by atoms with van der Waals surface area (Å²) in [7, 11) is 0. The minimum atomic E-state index is -0.485. The normalized spacial score (nSPS) is 10.7. The minimum Gasteiger partial charge on any atom is -0.458 e. The second-order valence-electron chi connectivity index (χ2n) is 5.39. The third-order valence-electron chi connectivity index (χ3n) is 4.18. The molecule has 2 rings (SSSR count). The molecule has 0 spiro atoms. The van der Waals surface area contributed by atoms with Crippen LogP contribution in [0, 0.1) is 12.3 Å². The number of nitrogens with zero attached hydrogens (tertiary/aromatic N) is 1. The van der Waals surface area contributed by atoms with Crippen LogP contribution in [0.2, 0.25) is 0 Å². The number of furan rings is 1. The molecule has 0 aliphatic rings. The fourth-order valence-electron chi connectivity index (χ4n) is 2.39. The van der Waals surface area contributed by atoms with E-state index < -0.39 is 5.41 Å². The number of thiazole rings is 1. The summed E-state index contributed by atoms with van der Waals surface area (Å²) in [6.45, 7) is 6.66. The molecular formula is C16H25Cl2N3O2S. The Kier molecular flexibility index (Phi) is 9.58. The fraction of sp³-hybridized carbons (Fsp3) is 0.500. The maximum Gasteiger partial charge on any atom is 0.227 e. The first-order valence-corrected chi connectivity index (χ1v) is 8.42. The van der Waals surface area contributed by atoms with Crippen LogP contribution in [0.25, 0.3) is 11.5 Å². The zero-order valence-corrected chi connectivity index (χ0v) is 16.6. The van der Waals surface area contributed by atoms with E-state index >= 15 is 0 Å². The zero-order valence-electron chi connectivity index (χ0n) is 14.1. The molecule has 0 aliphatic carbocycles. The molecule has 5 nitrogen and oxygen atoms in total. The number of carbonyl (C=O) groups is 1. The van der Waals surface area contributed by atoms with Crippen LogP contribution in [0.1, 0.15) is 37.5 Å². The highest BCUT2D eigenvalue weighted by atomic mass is 35.5. The average molecular weight is 394 g/mol. The molecule has 0 aliphatic heterocycles. The van der Waals surface area contributed by atoms with Crippen molar-refractivity contribution in [2.45, 2.75) is 40.2 Å². The Morgan fingerprint density at radius 2 is 2.00 bits per heavy atom. The van der Waals surface area contributed by atoms with Gasteiger partial charge in [0.15, 0.2) is 5.76 Å². The van der Waals surface area contributed by atoms with Crippen LogP contribution in [0.3, 0.4) is 0 Å². The van der Waals surface area contributed by atoms with Gasteiger partial charge in [-0.3, -0.25) is 4.79 Å². The summed E-state index contributed by atoms with van der Waals surface area (Å²) in [6.07, 6.45) is 1.46. The number of aryl methyl sites for hydroxylation is 1. The Hall–Kier alpha value is -1.08. The quantitative estimate of drug-likeness (QED) is 0.746. The monoisotopic (exact) mass is 393 g/mol. The number of amides is 1. The largest absolute Gasteiger partial charge is 0.458 e. The van der Waals surface area contributed by atoms with Crippen molar-refractivity contribution in [3.63, 3.8) is 0 Å². The maximum atomic E-state index is 12.4. The molecule has 136 valence electrons. The van der Waals surface area contributed by atoms with Crippen molar-refractivity contribution in [2.24, 2.45) is 11.1 Å². The summed E-state index contributed by atoms with van der Waals surface area (Å²) < 4.78 is 5.75. The molecule has 0 radical (unpaired) electrons. The van der Waals surface area contributed by atoms with Crippen LogP contribution in [-0.4, -0.2) is 17.4 Å². The standard InChI is InChI=1S/C16H23N3O2S.2ClH/c1-4-16(5-2,10-17)15(20)18-8-12-6-7-14(21-12)13-9-22-11(3)19-13;;/h6-7,9H,4-5,8,10,17H2,1-3H3,(H,18,20);2*1H. The van der Waals surface area contributed by atoms with Gasteiger partial charge >= 0.3 is 0 Å². The van der Waals surface area contributed by atoms with Crippen molar-refractivity contribution in [1.29, 1.82) is 0 Å². The van der Waals surface area contributed by atoms with Gasteiger partial charge in [0.1, 0.15) is 11.5 Å². The molecule has 0 atom stereocenters. The van der Waals surface area contributed by atoms with Crippen molar-refractivity contribution in [3.8, 4) is 11.5 Å². The molecule has 0 fully saturated rings. The van der Waals surface area contributed by atoms with Crippen LogP contribution < -0.4 is 11.1 Å². The van der Waals surface area contributed by atoms with E-state index in [-0.39, 0.29) is 30.7 Å². The molecule has 2 aromatic rings.